The molecule has 0 aromatic heterocycles. The van der Waals surface area contributed by atoms with Gasteiger partial charge in [-0.2, -0.15) is 0 Å². The molecule has 0 spiro atoms. The Bertz CT molecular complexity index is 525. The van der Waals surface area contributed by atoms with E-state index in [-0.39, 0.29) is 18.3 Å². The SMILES string of the molecule is CCc1cc(Br)ccc1NC(=O)CC1CC2CCC(C1)N2.Cl. The third kappa shape index (κ3) is 4.24. The zero-order valence-electron chi connectivity index (χ0n) is 12.9. The molecule has 5 heteroatoms. The van der Waals surface area contributed by atoms with E-state index < -0.39 is 0 Å². The van der Waals surface area contributed by atoms with E-state index in [1.165, 1.54) is 18.4 Å². The van der Waals surface area contributed by atoms with Crippen LogP contribution < -0.4 is 10.6 Å². The largest absolute Gasteiger partial charge is 0.326 e. The zero-order chi connectivity index (χ0) is 14.8. The summed E-state index contributed by atoms with van der Waals surface area (Å²) in [5.74, 6) is 0.711. The van der Waals surface area contributed by atoms with Crippen molar-refractivity contribution in [1.29, 1.82) is 0 Å². The molecule has 3 rings (SSSR count). The van der Waals surface area contributed by atoms with Gasteiger partial charge in [0, 0.05) is 28.7 Å². The second-order valence-corrected chi connectivity index (χ2v) is 7.30. The molecule has 2 fully saturated rings. The Morgan fingerprint density at radius 3 is 2.64 bits per heavy atom. The molecule has 1 amide bonds. The molecule has 1 aromatic rings. The standard InChI is InChI=1S/C17H23BrN2O.ClH/c1-2-12-10-13(18)3-6-16(12)20-17(21)9-11-7-14-4-5-15(8-11)19-14;/h3,6,10-11,14-15,19H,2,4-5,7-9H2,1H3,(H,20,21);1H. The van der Waals surface area contributed by atoms with Gasteiger partial charge in [0.1, 0.15) is 0 Å². The van der Waals surface area contributed by atoms with Gasteiger partial charge in [-0.3, -0.25) is 4.79 Å². The van der Waals surface area contributed by atoms with E-state index in [1.54, 1.807) is 0 Å². The normalized spacial score (nSPS) is 26.4. The lowest BCUT2D eigenvalue weighted by Gasteiger charge is -2.28. The number of fused-ring (bicyclic) bond motifs is 2. The third-order valence-electron chi connectivity index (χ3n) is 4.77. The lowest BCUT2D eigenvalue weighted by atomic mass is 9.89. The highest BCUT2D eigenvalue weighted by Crippen LogP contribution is 2.33. The van der Waals surface area contributed by atoms with Crippen LogP contribution in [0.3, 0.4) is 0 Å². The molecule has 2 unspecified atom stereocenters. The summed E-state index contributed by atoms with van der Waals surface area (Å²) in [6.45, 7) is 2.11. The van der Waals surface area contributed by atoms with Crippen LogP contribution in [0.25, 0.3) is 0 Å². The van der Waals surface area contributed by atoms with Crippen molar-refractivity contribution >= 4 is 39.9 Å². The highest BCUT2D eigenvalue weighted by atomic mass is 79.9. The first-order chi connectivity index (χ1) is 10.1. The van der Waals surface area contributed by atoms with E-state index in [1.807, 2.05) is 12.1 Å². The minimum atomic E-state index is 0. The lowest BCUT2D eigenvalue weighted by molar-refractivity contribution is -0.117. The molecule has 2 aliphatic rings. The summed E-state index contributed by atoms with van der Waals surface area (Å²) in [4.78, 5) is 12.3. The fourth-order valence-corrected chi connectivity index (χ4v) is 4.19. The molecule has 2 bridgehead atoms. The summed E-state index contributed by atoms with van der Waals surface area (Å²) in [7, 11) is 0. The fourth-order valence-electron chi connectivity index (χ4n) is 3.78. The molecule has 0 saturated carbocycles. The van der Waals surface area contributed by atoms with Crippen molar-refractivity contribution in [2.24, 2.45) is 5.92 Å². The number of carbonyl (C=O) groups is 1. The van der Waals surface area contributed by atoms with Crippen LogP contribution in [0.2, 0.25) is 0 Å². The summed E-state index contributed by atoms with van der Waals surface area (Å²) in [5.41, 5.74) is 2.14. The molecule has 2 aliphatic heterocycles. The van der Waals surface area contributed by atoms with Gasteiger partial charge in [0.15, 0.2) is 0 Å². The van der Waals surface area contributed by atoms with Crippen molar-refractivity contribution in [2.45, 2.75) is 57.5 Å². The minimum Gasteiger partial charge on any atom is -0.326 e. The van der Waals surface area contributed by atoms with Gasteiger partial charge in [0.25, 0.3) is 0 Å². The van der Waals surface area contributed by atoms with Gasteiger partial charge < -0.3 is 10.6 Å². The average molecular weight is 388 g/mol. The number of rotatable bonds is 4. The molecule has 2 heterocycles. The molecule has 0 aliphatic carbocycles. The van der Waals surface area contributed by atoms with Gasteiger partial charge in [-0.15, -0.1) is 12.4 Å². The number of hydrogen-bond donors (Lipinski definition) is 2. The first-order valence-corrected chi connectivity index (χ1v) is 8.77. The minimum absolute atomic E-state index is 0. The maximum absolute atomic E-state index is 12.3. The predicted molar refractivity (Wildman–Crippen MR) is 96.7 cm³/mol. The Hall–Kier alpha value is -0.580. The summed E-state index contributed by atoms with van der Waals surface area (Å²) in [6, 6.07) is 7.37. The van der Waals surface area contributed by atoms with Crippen LogP contribution in [0.5, 0.6) is 0 Å². The summed E-state index contributed by atoms with van der Waals surface area (Å²) >= 11 is 3.48. The number of hydrogen-bond acceptors (Lipinski definition) is 2. The number of halogens is 2. The van der Waals surface area contributed by atoms with E-state index in [0.29, 0.717) is 24.4 Å². The highest BCUT2D eigenvalue weighted by molar-refractivity contribution is 9.10. The molecule has 3 nitrogen and oxygen atoms in total. The van der Waals surface area contributed by atoms with Crippen LogP contribution in [0.15, 0.2) is 22.7 Å². The average Bonchev–Trinajstić information content (AvgIpc) is 2.80. The lowest BCUT2D eigenvalue weighted by Crippen LogP contribution is -2.39. The summed E-state index contributed by atoms with van der Waals surface area (Å²) < 4.78 is 1.06. The third-order valence-corrected chi connectivity index (χ3v) is 5.26. The fraction of sp³-hybridized carbons (Fsp3) is 0.588. The second kappa shape index (κ2) is 7.80. The van der Waals surface area contributed by atoms with Gasteiger partial charge in [0.05, 0.1) is 0 Å². The second-order valence-electron chi connectivity index (χ2n) is 6.38. The quantitative estimate of drug-likeness (QED) is 0.809. The Morgan fingerprint density at radius 2 is 2.00 bits per heavy atom. The maximum atomic E-state index is 12.3. The first kappa shape index (κ1) is 17.8. The van der Waals surface area contributed by atoms with E-state index in [2.05, 4.69) is 39.6 Å². The number of carbonyl (C=O) groups excluding carboxylic acids is 1. The molecular weight excluding hydrogens is 364 g/mol. The van der Waals surface area contributed by atoms with Crippen LogP contribution in [0.1, 0.15) is 44.6 Å². The number of anilines is 1. The Balaban J connectivity index is 0.00000176. The van der Waals surface area contributed by atoms with Crippen LogP contribution in [0, 0.1) is 5.92 Å². The monoisotopic (exact) mass is 386 g/mol. The van der Waals surface area contributed by atoms with Crippen molar-refractivity contribution in [3.63, 3.8) is 0 Å². The van der Waals surface area contributed by atoms with Gasteiger partial charge in [0.2, 0.25) is 5.91 Å². The van der Waals surface area contributed by atoms with E-state index in [0.717, 1.165) is 29.4 Å². The molecule has 122 valence electrons. The van der Waals surface area contributed by atoms with Gasteiger partial charge >= 0.3 is 0 Å². The molecule has 0 radical (unpaired) electrons. The summed E-state index contributed by atoms with van der Waals surface area (Å²) in [6.07, 6.45) is 6.47. The Kier molecular flexibility index (Phi) is 6.30. The van der Waals surface area contributed by atoms with Crippen LogP contribution >= 0.6 is 28.3 Å². The molecule has 2 atom stereocenters. The first-order valence-electron chi connectivity index (χ1n) is 7.98. The molecule has 1 aromatic carbocycles. The zero-order valence-corrected chi connectivity index (χ0v) is 15.3. The van der Waals surface area contributed by atoms with Crippen LogP contribution in [-0.2, 0) is 11.2 Å². The van der Waals surface area contributed by atoms with Gasteiger partial charge in [-0.05, 0) is 61.8 Å². The van der Waals surface area contributed by atoms with Crippen molar-refractivity contribution < 1.29 is 4.79 Å². The molecule has 2 N–H and O–H groups in total. The smallest absolute Gasteiger partial charge is 0.224 e. The van der Waals surface area contributed by atoms with Crippen molar-refractivity contribution in [1.82, 2.24) is 5.32 Å². The maximum Gasteiger partial charge on any atom is 0.224 e. The van der Waals surface area contributed by atoms with Crippen molar-refractivity contribution in [2.75, 3.05) is 5.32 Å². The van der Waals surface area contributed by atoms with Crippen molar-refractivity contribution in [3.8, 4) is 0 Å². The van der Waals surface area contributed by atoms with Gasteiger partial charge in [-0.1, -0.05) is 22.9 Å². The topological polar surface area (TPSA) is 41.1 Å². The van der Waals surface area contributed by atoms with E-state index in [9.17, 15) is 4.79 Å². The van der Waals surface area contributed by atoms with E-state index in [4.69, 9.17) is 0 Å². The van der Waals surface area contributed by atoms with E-state index >= 15 is 0 Å². The van der Waals surface area contributed by atoms with Crippen LogP contribution in [0.4, 0.5) is 5.69 Å². The number of nitrogens with one attached hydrogen (secondary N) is 2. The number of amides is 1. The highest BCUT2D eigenvalue weighted by Gasteiger charge is 2.34. The Morgan fingerprint density at radius 1 is 1.32 bits per heavy atom. The molecule has 22 heavy (non-hydrogen) atoms. The number of aryl methyl sites for hydroxylation is 1. The number of benzene rings is 1. The summed E-state index contributed by atoms with van der Waals surface area (Å²) in [5, 5.41) is 6.74. The molecule has 2 saturated heterocycles. The predicted octanol–water partition coefficient (Wildman–Crippen LogP) is 4.29. The molecular formula is C17H24BrClN2O. The number of piperidine rings is 1. The Labute approximate surface area is 147 Å². The van der Waals surface area contributed by atoms with Gasteiger partial charge in [-0.25, -0.2) is 0 Å². The van der Waals surface area contributed by atoms with Crippen molar-refractivity contribution in [3.05, 3.63) is 28.2 Å². The van der Waals surface area contributed by atoms with Crippen LogP contribution in [-0.4, -0.2) is 18.0 Å².